The molecule has 3 aromatic rings. The van der Waals surface area contributed by atoms with Crippen LogP contribution in [0.3, 0.4) is 0 Å². The van der Waals surface area contributed by atoms with Gasteiger partial charge in [-0.15, -0.1) is 0 Å². The molecule has 0 saturated heterocycles. The van der Waals surface area contributed by atoms with Gasteiger partial charge in [0.25, 0.3) is 0 Å². The number of nitrogen functional groups attached to an aromatic ring is 1. The Balaban J connectivity index is 2.36. The SMILES string of the molecule is Nc1n[nH]c2cncc(-c3ccccc3)c12. The van der Waals surface area contributed by atoms with E-state index in [0.717, 1.165) is 22.0 Å². The van der Waals surface area contributed by atoms with Crippen LogP contribution in [-0.4, -0.2) is 15.2 Å². The Morgan fingerprint density at radius 2 is 1.88 bits per heavy atom. The Kier molecular flexibility index (Phi) is 1.86. The molecule has 2 heterocycles. The first-order valence-electron chi connectivity index (χ1n) is 4.99. The fourth-order valence-corrected chi connectivity index (χ4v) is 1.83. The first-order chi connectivity index (χ1) is 7.86. The van der Waals surface area contributed by atoms with E-state index in [2.05, 4.69) is 15.2 Å². The van der Waals surface area contributed by atoms with Crippen molar-refractivity contribution in [2.75, 3.05) is 5.73 Å². The fraction of sp³-hybridized carbons (Fsp3) is 0. The van der Waals surface area contributed by atoms with Crippen molar-refractivity contribution in [2.45, 2.75) is 0 Å². The molecule has 0 aliphatic heterocycles. The third-order valence-corrected chi connectivity index (χ3v) is 2.58. The molecule has 0 unspecified atom stereocenters. The Morgan fingerprint density at radius 3 is 2.69 bits per heavy atom. The minimum atomic E-state index is 0.510. The average molecular weight is 210 g/mol. The minimum Gasteiger partial charge on any atom is -0.382 e. The highest BCUT2D eigenvalue weighted by molar-refractivity contribution is 6.00. The largest absolute Gasteiger partial charge is 0.382 e. The highest BCUT2D eigenvalue weighted by atomic mass is 15.2. The summed E-state index contributed by atoms with van der Waals surface area (Å²) in [7, 11) is 0. The van der Waals surface area contributed by atoms with E-state index >= 15 is 0 Å². The number of hydrogen-bond donors (Lipinski definition) is 2. The highest BCUT2D eigenvalue weighted by Crippen LogP contribution is 2.29. The summed E-state index contributed by atoms with van der Waals surface area (Å²) in [4.78, 5) is 4.18. The molecule has 0 radical (unpaired) electrons. The van der Waals surface area contributed by atoms with E-state index < -0.39 is 0 Å². The summed E-state index contributed by atoms with van der Waals surface area (Å²) in [6.07, 6.45) is 3.54. The molecule has 2 aromatic heterocycles. The molecule has 0 aliphatic carbocycles. The summed E-state index contributed by atoms with van der Waals surface area (Å²) in [6.45, 7) is 0. The molecular weight excluding hydrogens is 200 g/mol. The van der Waals surface area contributed by atoms with Crippen LogP contribution in [0.5, 0.6) is 0 Å². The van der Waals surface area contributed by atoms with Crippen molar-refractivity contribution in [3.05, 3.63) is 42.7 Å². The second kappa shape index (κ2) is 3.34. The van der Waals surface area contributed by atoms with Crippen molar-refractivity contribution < 1.29 is 0 Å². The van der Waals surface area contributed by atoms with Gasteiger partial charge in [-0.05, 0) is 5.56 Å². The third-order valence-electron chi connectivity index (χ3n) is 2.58. The van der Waals surface area contributed by atoms with Crippen LogP contribution in [0, 0.1) is 0 Å². The monoisotopic (exact) mass is 210 g/mol. The lowest BCUT2D eigenvalue weighted by Crippen LogP contribution is -1.87. The number of H-pyrrole nitrogens is 1. The normalized spacial score (nSPS) is 10.8. The van der Waals surface area contributed by atoms with Crippen molar-refractivity contribution in [3.8, 4) is 11.1 Å². The Morgan fingerprint density at radius 1 is 1.06 bits per heavy atom. The zero-order valence-electron chi connectivity index (χ0n) is 8.51. The van der Waals surface area contributed by atoms with Gasteiger partial charge in [-0.1, -0.05) is 30.3 Å². The lowest BCUT2D eigenvalue weighted by Gasteiger charge is -2.02. The number of fused-ring (bicyclic) bond motifs is 1. The molecule has 3 N–H and O–H groups in total. The number of nitrogens with two attached hydrogens (primary N) is 1. The lowest BCUT2D eigenvalue weighted by atomic mass is 10.0. The number of hydrogen-bond acceptors (Lipinski definition) is 3. The summed E-state index contributed by atoms with van der Waals surface area (Å²) in [6, 6.07) is 10.0. The van der Waals surface area contributed by atoms with Gasteiger partial charge < -0.3 is 5.73 Å². The number of anilines is 1. The van der Waals surface area contributed by atoms with Crippen LogP contribution in [0.25, 0.3) is 22.0 Å². The lowest BCUT2D eigenvalue weighted by molar-refractivity contribution is 1.12. The van der Waals surface area contributed by atoms with Crippen molar-refractivity contribution in [1.29, 1.82) is 0 Å². The van der Waals surface area contributed by atoms with Gasteiger partial charge in [0.2, 0.25) is 0 Å². The Bertz CT molecular complexity index is 628. The number of aromatic amines is 1. The average Bonchev–Trinajstić information content (AvgIpc) is 2.73. The van der Waals surface area contributed by atoms with Crippen LogP contribution in [-0.2, 0) is 0 Å². The van der Waals surface area contributed by atoms with Crippen LogP contribution in [0.1, 0.15) is 0 Å². The van der Waals surface area contributed by atoms with Gasteiger partial charge >= 0.3 is 0 Å². The van der Waals surface area contributed by atoms with Crippen LogP contribution in [0.15, 0.2) is 42.7 Å². The van der Waals surface area contributed by atoms with Gasteiger partial charge in [-0.2, -0.15) is 5.10 Å². The van der Waals surface area contributed by atoms with Crippen molar-refractivity contribution in [3.63, 3.8) is 0 Å². The van der Waals surface area contributed by atoms with E-state index in [4.69, 9.17) is 5.73 Å². The van der Waals surface area contributed by atoms with Crippen molar-refractivity contribution in [1.82, 2.24) is 15.2 Å². The minimum absolute atomic E-state index is 0.510. The molecule has 4 nitrogen and oxygen atoms in total. The maximum Gasteiger partial charge on any atom is 0.153 e. The number of pyridine rings is 1. The summed E-state index contributed by atoms with van der Waals surface area (Å²) < 4.78 is 0. The predicted molar refractivity (Wildman–Crippen MR) is 63.7 cm³/mol. The first kappa shape index (κ1) is 8.91. The molecule has 1 aromatic carbocycles. The van der Waals surface area contributed by atoms with Crippen LogP contribution < -0.4 is 5.73 Å². The standard InChI is InChI=1S/C12H10N4/c13-12-11-9(8-4-2-1-3-5-8)6-14-7-10(11)15-16-12/h1-7H,(H3,13,15,16). The van der Waals surface area contributed by atoms with E-state index in [1.807, 2.05) is 36.5 Å². The van der Waals surface area contributed by atoms with Gasteiger partial charge in [0.15, 0.2) is 5.82 Å². The molecule has 0 atom stereocenters. The number of benzene rings is 1. The van der Waals surface area contributed by atoms with E-state index in [9.17, 15) is 0 Å². The molecule has 0 amide bonds. The smallest absolute Gasteiger partial charge is 0.153 e. The van der Waals surface area contributed by atoms with Gasteiger partial charge in [0, 0.05) is 11.8 Å². The second-order valence-electron chi connectivity index (χ2n) is 3.58. The second-order valence-corrected chi connectivity index (χ2v) is 3.58. The van der Waals surface area contributed by atoms with Crippen LogP contribution in [0.4, 0.5) is 5.82 Å². The van der Waals surface area contributed by atoms with E-state index in [0.29, 0.717) is 5.82 Å². The zero-order valence-corrected chi connectivity index (χ0v) is 8.51. The molecule has 0 bridgehead atoms. The van der Waals surface area contributed by atoms with E-state index in [-0.39, 0.29) is 0 Å². The fourth-order valence-electron chi connectivity index (χ4n) is 1.83. The van der Waals surface area contributed by atoms with Gasteiger partial charge in [-0.3, -0.25) is 10.1 Å². The zero-order chi connectivity index (χ0) is 11.0. The van der Waals surface area contributed by atoms with E-state index in [1.165, 1.54) is 0 Å². The molecule has 0 spiro atoms. The van der Waals surface area contributed by atoms with Gasteiger partial charge in [-0.25, -0.2) is 0 Å². The highest BCUT2D eigenvalue weighted by Gasteiger charge is 2.09. The molecule has 16 heavy (non-hydrogen) atoms. The van der Waals surface area contributed by atoms with Gasteiger partial charge in [0.1, 0.15) is 0 Å². The molecule has 4 heteroatoms. The summed E-state index contributed by atoms with van der Waals surface area (Å²) >= 11 is 0. The van der Waals surface area contributed by atoms with Gasteiger partial charge in [0.05, 0.1) is 17.1 Å². The maximum atomic E-state index is 5.84. The van der Waals surface area contributed by atoms with Crippen LogP contribution >= 0.6 is 0 Å². The molecule has 0 fully saturated rings. The molecular formula is C12H10N4. The van der Waals surface area contributed by atoms with Crippen molar-refractivity contribution in [2.24, 2.45) is 0 Å². The number of nitrogens with zero attached hydrogens (tertiary/aromatic N) is 2. The molecule has 0 saturated carbocycles. The van der Waals surface area contributed by atoms with Crippen molar-refractivity contribution >= 4 is 16.7 Å². The summed E-state index contributed by atoms with van der Waals surface area (Å²) in [5.41, 5.74) is 8.80. The third kappa shape index (κ3) is 1.24. The number of aromatic nitrogens is 3. The molecule has 0 aliphatic rings. The first-order valence-corrected chi connectivity index (χ1v) is 4.99. The summed E-state index contributed by atoms with van der Waals surface area (Å²) in [5, 5.41) is 7.79. The Hall–Kier alpha value is -2.36. The molecule has 78 valence electrons. The van der Waals surface area contributed by atoms with Crippen LogP contribution in [0.2, 0.25) is 0 Å². The Labute approximate surface area is 92.1 Å². The quantitative estimate of drug-likeness (QED) is 0.647. The molecule has 3 rings (SSSR count). The predicted octanol–water partition coefficient (Wildman–Crippen LogP) is 2.21. The number of nitrogens with one attached hydrogen (secondary N) is 1. The topological polar surface area (TPSA) is 67.6 Å². The summed E-state index contributed by atoms with van der Waals surface area (Å²) in [5.74, 6) is 0.510. The van der Waals surface area contributed by atoms with E-state index in [1.54, 1.807) is 6.20 Å². The number of rotatable bonds is 1. The maximum absolute atomic E-state index is 5.84.